The van der Waals surface area contributed by atoms with E-state index in [1.165, 1.54) is 6.08 Å². The molecule has 0 heterocycles. The lowest BCUT2D eigenvalue weighted by Gasteiger charge is -2.62. The Labute approximate surface area is 207 Å². The summed E-state index contributed by atoms with van der Waals surface area (Å²) < 4.78 is 0. The zero-order chi connectivity index (χ0) is 26.2. The molecule has 4 aliphatic rings. The molecule has 4 aliphatic carbocycles. The van der Waals surface area contributed by atoms with Crippen molar-refractivity contribution in [1.82, 2.24) is 0 Å². The maximum atomic E-state index is 13.3. The van der Waals surface area contributed by atoms with Crippen LogP contribution in [0.3, 0.4) is 0 Å². The van der Waals surface area contributed by atoms with Crippen LogP contribution in [0, 0.1) is 28.6 Å². The molecule has 0 aromatic carbocycles. The highest BCUT2D eigenvalue weighted by Crippen LogP contribution is 2.69. The van der Waals surface area contributed by atoms with Gasteiger partial charge < -0.3 is 35.7 Å². The average molecular weight is 497 g/mol. The van der Waals surface area contributed by atoms with Crippen molar-refractivity contribution in [3.05, 3.63) is 11.6 Å². The summed E-state index contributed by atoms with van der Waals surface area (Å²) in [5.41, 5.74) is -5.98. The van der Waals surface area contributed by atoms with Crippen LogP contribution in [0.1, 0.15) is 79.1 Å². The third kappa shape index (κ3) is 3.62. The fourth-order valence-corrected chi connectivity index (χ4v) is 8.35. The Kier molecular flexibility index (Phi) is 6.66. The van der Waals surface area contributed by atoms with Gasteiger partial charge >= 0.3 is 0 Å². The Hall–Kier alpha value is -0.870. The van der Waals surface area contributed by atoms with Crippen molar-refractivity contribution >= 4 is 5.78 Å². The molecule has 0 aromatic rings. The molecule has 8 nitrogen and oxygen atoms in total. The Bertz CT molecular complexity index is 886. The van der Waals surface area contributed by atoms with Crippen LogP contribution >= 0.6 is 0 Å². The summed E-state index contributed by atoms with van der Waals surface area (Å²) in [6, 6.07) is 0. The fourth-order valence-electron chi connectivity index (χ4n) is 8.35. The molecule has 0 bridgehead atoms. The topological polar surface area (TPSA) is 159 Å². The smallest absolute Gasteiger partial charge is 0.187 e. The van der Waals surface area contributed by atoms with Crippen molar-refractivity contribution in [3.8, 4) is 0 Å². The zero-order valence-electron chi connectivity index (χ0n) is 21.4. The van der Waals surface area contributed by atoms with Crippen LogP contribution in [0.25, 0.3) is 0 Å². The van der Waals surface area contributed by atoms with E-state index in [4.69, 9.17) is 0 Å². The molecule has 0 aliphatic heterocycles. The second-order valence-electron chi connectivity index (χ2n) is 12.9. The van der Waals surface area contributed by atoms with Crippen LogP contribution in [-0.4, -0.2) is 83.3 Å². The van der Waals surface area contributed by atoms with Crippen molar-refractivity contribution in [3.63, 3.8) is 0 Å². The van der Waals surface area contributed by atoms with Crippen molar-refractivity contribution < 1.29 is 40.5 Å². The van der Waals surface area contributed by atoms with Gasteiger partial charge in [0.25, 0.3) is 0 Å². The second kappa shape index (κ2) is 8.58. The minimum Gasteiger partial charge on any atom is -0.396 e. The number of rotatable bonds is 6. The van der Waals surface area contributed by atoms with Crippen LogP contribution in [-0.2, 0) is 4.79 Å². The van der Waals surface area contributed by atoms with E-state index in [0.717, 1.165) is 0 Å². The summed E-state index contributed by atoms with van der Waals surface area (Å²) in [6.45, 7) is 7.21. The molecule has 4 rings (SSSR count). The van der Waals surface area contributed by atoms with E-state index < -0.39 is 57.6 Å². The molecule has 0 aromatic heterocycles. The largest absolute Gasteiger partial charge is 0.396 e. The first-order valence-corrected chi connectivity index (χ1v) is 13.2. The summed E-state index contributed by atoms with van der Waals surface area (Å²) in [4.78, 5) is 13.3. The van der Waals surface area contributed by atoms with E-state index in [9.17, 15) is 40.5 Å². The molecule has 35 heavy (non-hydrogen) atoms. The Morgan fingerprint density at radius 3 is 2.29 bits per heavy atom. The van der Waals surface area contributed by atoms with E-state index in [2.05, 4.69) is 0 Å². The van der Waals surface area contributed by atoms with Gasteiger partial charge in [0, 0.05) is 23.9 Å². The number of fused-ring (bicyclic) bond motifs is 5. The van der Waals surface area contributed by atoms with Crippen molar-refractivity contribution in [1.29, 1.82) is 0 Å². The van der Waals surface area contributed by atoms with Crippen LogP contribution in [0.2, 0.25) is 0 Å². The molecule has 3 fully saturated rings. The predicted molar refractivity (Wildman–Crippen MR) is 128 cm³/mol. The van der Waals surface area contributed by atoms with Gasteiger partial charge in [-0.05, 0) is 81.3 Å². The quantitative estimate of drug-likeness (QED) is 0.285. The third-order valence-corrected chi connectivity index (χ3v) is 10.9. The summed E-state index contributed by atoms with van der Waals surface area (Å²) in [5.74, 6) is -1.33. The number of carbonyl (C=O) groups is 1. The predicted octanol–water partition coefficient (Wildman–Crippen LogP) is 0.826. The Morgan fingerprint density at radius 2 is 1.66 bits per heavy atom. The number of hydrogen-bond acceptors (Lipinski definition) is 8. The summed E-state index contributed by atoms with van der Waals surface area (Å²) in [7, 11) is 0. The summed E-state index contributed by atoms with van der Waals surface area (Å²) in [5, 5.41) is 76.2. The maximum absolute atomic E-state index is 13.3. The van der Waals surface area contributed by atoms with Crippen LogP contribution < -0.4 is 0 Å². The molecule has 0 saturated heterocycles. The van der Waals surface area contributed by atoms with Gasteiger partial charge in [-0.25, -0.2) is 0 Å². The molecule has 11 atom stereocenters. The van der Waals surface area contributed by atoms with Gasteiger partial charge in [-0.2, -0.15) is 0 Å². The zero-order valence-corrected chi connectivity index (χ0v) is 21.4. The highest BCUT2D eigenvalue weighted by Gasteiger charge is 2.71. The highest BCUT2D eigenvalue weighted by atomic mass is 16.3. The number of ketones is 1. The number of aliphatic hydroxyl groups excluding tert-OH is 4. The molecular formula is C27H44O8. The molecule has 0 spiro atoms. The number of hydrogen-bond donors (Lipinski definition) is 7. The Morgan fingerprint density at radius 1 is 1.03 bits per heavy atom. The first-order valence-electron chi connectivity index (χ1n) is 13.2. The minimum atomic E-state index is -1.81. The third-order valence-electron chi connectivity index (χ3n) is 10.9. The van der Waals surface area contributed by atoms with E-state index in [-0.39, 0.29) is 31.3 Å². The average Bonchev–Trinajstić information content (AvgIpc) is 3.07. The fraction of sp³-hybridized carbons (Fsp3) is 0.889. The lowest BCUT2D eigenvalue weighted by Crippen LogP contribution is -2.69. The molecule has 8 heteroatoms. The highest BCUT2D eigenvalue weighted by molar-refractivity contribution is 6.00. The van der Waals surface area contributed by atoms with E-state index in [1.807, 2.05) is 13.8 Å². The van der Waals surface area contributed by atoms with Crippen LogP contribution in [0.4, 0.5) is 0 Å². The summed E-state index contributed by atoms with van der Waals surface area (Å²) in [6.07, 6.45) is 0.630. The van der Waals surface area contributed by atoms with Gasteiger partial charge in [0.1, 0.15) is 5.60 Å². The summed E-state index contributed by atoms with van der Waals surface area (Å²) >= 11 is 0. The lowest BCUT2D eigenvalue weighted by molar-refractivity contribution is -0.211. The molecule has 7 N–H and O–H groups in total. The molecular weight excluding hydrogens is 452 g/mol. The van der Waals surface area contributed by atoms with E-state index >= 15 is 0 Å². The van der Waals surface area contributed by atoms with E-state index in [1.54, 1.807) is 13.8 Å². The minimum absolute atomic E-state index is 0.00856. The van der Waals surface area contributed by atoms with Crippen molar-refractivity contribution in [2.75, 3.05) is 6.61 Å². The molecule has 0 amide bonds. The first kappa shape index (κ1) is 27.2. The monoisotopic (exact) mass is 496 g/mol. The second-order valence-corrected chi connectivity index (χ2v) is 12.9. The number of aliphatic hydroxyl groups is 7. The van der Waals surface area contributed by atoms with Gasteiger partial charge in [0.15, 0.2) is 5.78 Å². The van der Waals surface area contributed by atoms with Gasteiger partial charge in [-0.1, -0.05) is 20.8 Å². The van der Waals surface area contributed by atoms with Crippen LogP contribution in [0.5, 0.6) is 0 Å². The Balaban J connectivity index is 1.68. The lowest BCUT2D eigenvalue weighted by atomic mass is 9.44. The molecule has 0 radical (unpaired) electrons. The van der Waals surface area contributed by atoms with Crippen LogP contribution in [0.15, 0.2) is 11.6 Å². The van der Waals surface area contributed by atoms with Crippen molar-refractivity contribution in [2.45, 2.75) is 114 Å². The SMILES string of the molecule is C[C@@H](CO)CC[C@@H](O)[C@](C)(O)[C@H]1CC[C@@]2(O)C3=CC(=O)[C@]4(O)C[C@@H](O)[C@@H](O)C[C@]4(C)C3CC[C@]12C. The van der Waals surface area contributed by atoms with E-state index in [0.29, 0.717) is 44.1 Å². The molecule has 200 valence electrons. The van der Waals surface area contributed by atoms with Gasteiger partial charge in [0.2, 0.25) is 0 Å². The van der Waals surface area contributed by atoms with Crippen molar-refractivity contribution in [2.24, 2.45) is 28.6 Å². The maximum Gasteiger partial charge on any atom is 0.187 e. The normalized spacial score (nSPS) is 48.8. The molecule has 1 unspecified atom stereocenters. The van der Waals surface area contributed by atoms with Gasteiger partial charge in [0.05, 0.1) is 29.5 Å². The standard InChI is InChI=1S/C27H44O8/c1-15(14-28)5-6-21(31)25(4,33)20-8-10-26(34)17-11-22(32)27(35)13-19(30)18(29)12-24(27,3)16(17)7-9-23(20,26)2/h11,15-16,18-21,28-31,33-35H,5-10,12-14H2,1-4H3/t15-,16?,18+,19-,20+,21-,23-,24-,25-,26-,27-/m1/s1. The van der Waals surface area contributed by atoms with Gasteiger partial charge in [-0.3, -0.25) is 4.79 Å². The molecule has 3 saturated carbocycles. The van der Waals surface area contributed by atoms with Gasteiger partial charge in [-0.15, -0.1) is 0 Å². The first-order chi connectivity index (χ1) is 16.1. The number of carbonyl (C=O) groups excluding carboxylic acids is 1.